The third-order valence-electron chi connectivity index (χ3n) is 6.53. The number of halogens is 3. The van der Waals surface area contributed by atoms with Crippen LogP contribution in [0.3, 0.4) is 0 Å². The molecule has 0 radical (unpaired) electrons. The predicted octanol–water partition coefficient (Wildman–Crippen LogP) is 3.85. The largest absolute Gasteiger partial charge is 0.349 e. The van der Waals surface area contributed by atoms with Crippen LogP contribution in [0.15, 0.2) is 36.5 Å². The van der Waals surface area contributed by atoms with Crippen LogP contribution in [-0.4, -0.2) is 52.8 Å². The molecule has 1 fully saturated rings. The normalized spacial score (nSPS) is 13.6. The molecule has 5 rings (SSSR count). The van der Waals surface area contributed by atoms with Gasteiger partial charge in [-0.1, -0.05) is 11.6 Å². The fourth-order valence-electron chi connectivity index (χ4n) is 4.29. The van der Waals surface area contributed by atoms with Gasteiger partial charge in [-0.05, 0) is 73.7 Å². The van der Waals surface area contributed by atoms with Crippen molar-refractivity contribution in [2.45, 2.75) is 45.7 Å². The minimum Gasteiger partial charge on any atom is -0.349 e. The van der Waals surface area contributed by atoms with Crippen molar-refractivity contribution in [3.8, 4) is 11.9 Å². The second kappa shape index (κ2) is 11.4. The molecule has 1 aliphatic rings. The summed E-state index contributed by atoms with van der Waals surface area (Å²) in [6, 6.07) is 9.53. The molecule has 12 nitrogen and oxygen atoms in total. The van der Waals surface area contributed by atoms with E-state index in [0.29, 0.717) is 11.5 Å². The van der Waals surface area contributed by atoms with Gasteiger partial charge >= 0.3 is 6.43 Å². The van der Waals surface area contributed by atoms with Gasteiger partial charge in [0.15, 0.2) is 5.82 Å². The Hall–Kier alpha value is -4.77. The molecular weight excluding hydrogens is 558 g/mol. The van der Waals surface area contributed by atoms with E-state index >= 15 is 0 Å². The minimum atomic E-state index is -2.90. The Kier molecular flexibility index (Phi) is 7.71. The first-order valence-corrected chi connectivity index (χ1v) is 12.9. The minimum absolute atomic E-state index is 0.0173. The number of benzene rings is 1. The van der Waals surface area contributed by atoms with Gasteiger partial charge in [0.25, 0.3) is 11.8 Å². The molecule has 1 aromatic carbocycles. The first kappa shape index (κ1) is 27.8. The molecule has 1 aliphatic carbocycles. The molecule has 1 atom stereocenters. The number of nitrogens with one attached hydrogen (secondary N) is 2. The summed E-state index contributed by atoms with van der Waals surface area (Å²) in [5.74, 6) is -1.30. The average molecular weight is 581 g/mol. The quantitative estimate of drug-likeness (QED) is 0.302. The number of carbonyl (C=O) groups excluding carboxylic acids is 2. The number of alkyl halides is 2. The van der Waals surface area contributed by atoms with E-state index in [4.69, 9.17) is 11.6 Å². The van der Waals surface area contributed by atoms with Crippen molar-refractivity contribution < 1.29 is 18.4 Å². The molecule has 4 aromatic rings. The van der Waals surface area contributed by atoms with Crippen molar-refractivity contribution >= 4 is 29.1 Å². The van der Waals surface area contributed by atoms with Gasteiger partial charge in [-0.2, -0.15) is 15.2 Å². The monoisotopic (exact) mass is 580 g/mol. The lowest BCUT2D eigenvalue weighted by molar-refractivity contribution is 0.0936. The number of anilines is 1. The summed E-state index contributed by atoms with van der Waals surface area (Å²) in [7, 11) is 0. The Morgan fingerprint density at radius 2 is 2.00 bits per heavy atom. The van der Waals surface area contributed by atoms with Crippen LogP contribution in [0.4, 0.5) is 14.5 Å². The maximum Gasteiger partial charge on any atom is 0.301 e. The van der Waals surface area contributed by atoms with Crippen molar-refractivity contribution in [1.29, 1.82) is 5.26 Å². The van der Waals surface area contributed by atoms with E-state index in [0.717, 1.165) is 17.6 Å². The molecule has 0 bridgehead atoms. The zero-order valence-corrected chi connectivity index (χ0v) is 22.6. The second-order valence-electron chi connectivity index (χ2n) is 9.60. The third kappa shape index (κ3) is 6.04. The molecular formula is C26H23ClF2N10O2. The van der Waals surface area contributed by atoms with Crippen LogP contribution in [0.25, 0.3) is 5.82 Å². The van der Waals surface area contributed by atoms with E-state index in [1.54, 1.807) is 25.1 Å². The first-order valence-electron chi connectivity index (χ1n) is 12.6. The van der Waals surface area contributed by atoms with E-state index in [1.807, 2.05) is 13.0 Å². The molecule has 0 spiro atoms. The number of hydrogen-bond acceptors (Lipinski definition) is 8. The van der Waals surface area contributed by atoms with E-state index in [2.05, 4.69) is 36.1 Å². The standard InChI is InChI=1S/C26H23ClF2N10O2/c1-13-8-15(11-30)9-18(25(40)32-14(2)16-5-6-16)21(13)33-26(41)20-10-17(12-38-36-23(22(28)29)34-37-38)35-39(20)24-19(27)4-3-7-31-24/h3-4,7-10,14,16,22H,5-6,12H2,1-2H3,(H,32,40)(H,33,41). The average Bonchev–Trinajstić information content (AvgIpc) is 3.56. The number of tetrazole rings is 1. The third-order valence-corrected chi connectivity index (χ3v) is 6.83. The van der Waals surface area contributed by atoms with Crippen LogP contribution in [0, 0.1) is 24.2 Å². The lowest BCUT2D eigenvalue weighted by atomic mass is 10.0. The molecule has 1 unspecified atom stereocenters. The van der Waals surface area contributed by atoms with E-state index in [-0.39, 0.29) is 51.6 Å². The van der Waals surface area contributed by atoms with Gasteiger partial charge in [0.2, 0.25) is 5.82 Å². The molecule has 210 valence electrons. The zero-order chi connectivity index (χ0) is 29.3. The molecule has 3 heterocycles. The van der Waals surface area contributed by atoms with E-state index in [1.165, 1.54) is 23.0 Å². The van der Waals surface area contributed by atoms with Crippen LogP contribution in [-0.2, 0) is 6.54 Å². The number of carbonyl (C=O) groups is 2. The number of nitriles is 1. The summed E-state index contributed by atoms with van der Waals surface area (Å²) in [6.45, 7) is 3.41. The van der Waals surface area contributed by atoms with Gasteiger partial charge in [-0.3, -0.25) is 9.59 Å². The van der Waals surface area contributed by atoms with E-state index < -0.39 is 24.1 Å². The maximum absolute atomic E-state index is 13.7. The van der Waals surface area contributed by atoms with Gasteiger partial charge in [0.05, 0.1) is 33.6 Å². The highest BCUT2D eigenvalue weighted by Crippen LogP contribution is 2.33. The van der Waals surface area contributed by atoms with Gasteiger partial charge < -0.3 is 10.6 Å². The van der Waals surface area contributed by atoms with Crippen molar-refractivity contribution in [2.75, 3.05) is 5.32 Å². The van der Waals surface area contributed by atoms with Crippen LogP contribution < -0.4 is 10.6 Å². The Balaban J connectivity index is 1.51. The zero-order valence-electron chi connectivity index (χ0n) is 21.8. The molecule has 2 amide bonds. The fourth-order valence-corrected chi connectivity index (χ4v) is 4.49. The van der Waals surface area contributed by atoms with Crippen LogP contribution in [0.2, 0.25) is 5.02 Å². The SMILES string of the molecule is Cc1cc(C#N)cc(C(=O)NC(C)C2CC2)c1NC(=O)c1cc(Cn2nnc(C(F)F)n2)nn1-c1ncccc1Cl. The fraction of sp³-hybridized carbons (Fsp3) is 0.308. The topological polar surface area (TPSA) is 156 Å². The molecule has 0 saturated heterocycles. The first-order chi connectivity index (χ1) is 19.6. The van der Waals surface area contributed by atoms with Crippen molar-refractivity contribution in [2.24, 2.45) is 5.92 Å². The molecule has 1 saturated carbocycles. The van der Waals surface area contributed by atoms with Crippen LogP contribution >= 0.6 is 11.6 Å². The van der Waals surface area contributed by atoms with Crippen LogP contribution in [0.1, 0.15) is 69.7 Å². The lowest BCUT2D eigenvalue weighted by Crippen LogP contribution is -2.35. The number of hydrogen-bond donors (Lipinski definition) is 2. The van der Waals surface area contributed by atoms with Crippen molar-refractivity contribution in [3.63, 3.8) is 0 Å². The van der Waals surface area contributed by atoms with Crippen molar-refractivity contribution in [1.82, 2.24) is 40.3 Å². The van der Waals surface area contributed by atoms with Gasteiger partial charge in [0, 0.05) is 12.2 Å². The highest BCUT2D eigenvalue weighted by Gasteiger charge is 2.30. The number of rotatable bonds is 9. The summed E-state index contributed by atoms with van der Waals surface area (Å²) in [5.41, 5.74) is 1.32. The predicted molar refractivity (Wildman–Crippen MR) is 142 cm³/mol. The molecule has 2 N–H and O–H groups in total. The summed E-state index contributed by atoms with van der Waals surface area (Å²) < 4.78 is 27.1. The van der Waals surface area contributed by atoms with Gasteiger partial charge in [0.1, 0.15) is 12.2 Å². The highest BCUT2D eigenvalue weighted by molar-refractivity contribution is 6.32. The molecule has 0 aliphatic heterocycles. The number of nitrogens with zero attached hydrogens (tertiary/aromatic N) is 8. The number of amides is 2. The van der Waals surface area contributed by atoms with Crippen molar-refractivity contribution in [3.05, 3.63) is 75.5 Å². The summed E-state index contributed by atoms with van der Waals surface area (Å²) in [5, 5.41) is 30.4. The maximum atomic E-state index is 13.7. The Labute approximate surface area is 237 Å². The second-order valence-corrected chi connectivity index (χ2v) is 10.0. The van der Waals surface area contributed by atoms with Gasteiger partial charge in [-0.25, -0.2) is 18.4 Å². The summed E-state index contributed by atoms with van der Waals surface area (Å²) >= 11 is 6.35. The smallest absolute Gasteiger partial charge is 0.301 e. The van der Waals surface area contributed by atoms with E-state index in [9.17, 15) is 23.6 Å². The molecule has 15 heteroatoms. The lowest BCUT2D eigenvalue weighted by Gasteiger charge is -2.18. The van der Waals surface area contributed by atoms with Gasteiger partial charge in [-0.15, -0.1) is 10.2 Å². The Morgan fingerprint density at radius 3 is 2.66 bits per heavy atom. The number of aromatic nitrogens is 7. The number of pyridine rings is 1. The summed E-state index contributed by atoms with van der Waals surface area (Å²) in [6.07, 6.45) is 0.618. The number of aryl methyl sites for hydroxylation is 1. The van der Waals surface area contributed by atoms with Crippen LogP contribution in [0.5, 0.6) is 0 Å². The molecule has 3 aromatic heterocycles. The molecule has 41 heavy (non-hydrogen) atoms. The summed E-state index contributed by atoms with van der Waals surface area (Å²) in [4.78, 5) is 32.1. The Morgan fingerprint density at radius 1 is 1.22 bits per heavy atom. The Bertz CT molecular complexity index is 1670. The highest BCUT2D eigenvalue weighted by atomic mass is 35.5.